The SMILES string of the molecule is O=S(=O)(c1ccc(F)cc1)N1CCC(Nc2cc(-c3ccccc3Cl)nc3c(Br)cnn23)CC1. The molecular formula is C23H20BrClFN5O2S. The summed E-state index contributed by atoms with van der Waals surface area (Å²) in [6.45, 7) is 0.706. The summed E-state index contributed by atoms with van der Waals surface area (Å²) in [6.07, 6.45) is 2.89. The van der Waals surface area contributed by atoms with Crippen molar-refractivity contribution in [3.63, 3.8) is 0 Å². The van der Waals surface area contributed by atoms with E-state index >= 15 is 0 Å². The van der Waals surface area contributed by atoms with Crippen LogP contribution >= 0.6 is 27.5 Å². The first-order valence-electron chi connectivity index (χ1n) is 10.6. The summed E-state index contributed by atoms with van der Waals surface area (Å²) >= 11 is 9.91. The van der Waals surface area contributed by atoms with E-state index in [0.717, 1.165) is 28.0 Å². The van der Waals surface area contributed by atoms with E-state index in [4.69, 9.17) is 16.6 Å². The molecule has 0 radical (unpaired) electrons. The van der Waals surface area contributed by atoms with Crippen molar-refractivity contribution in [3.8, 4) is 11.3 Å². The summed E-state index contributed by atoms with van der Waals surface area (Å²) in [4.78, 5) is 4.82. The highest BCUT2D eigenvalue weighted by Gasteiger charge is 2.30. The van der Waals surface area contributed by atoms with Crippen LogP contribution in [0.1, 0.15) is 12.8 Å². The third kappa shape index (κ3) is 4.43. The molecule has 0 amide bonds. The monoisotopic (exact) mass is 563 g/mol. The summed E-state index contributed by atoms with van der Waals surface area (Å²) < 4.78 is 43.0. The maximum absolute atomic E-state index is 13.2. The minimum absolute atomic E-state index is 0.0346. The Bertz CT molecular complexity index is 1450. The molecule has 7 nitrogen and oxygen atoms in total. The lowest BCUT2D eigenvalue weighted by molar-refractivity contribution is 0.329. The quantitative estimate of drug-likeness (QED) is 0.360. The zero-order valence-corrected chi connectivity index (χ0v) is 21.0. The fourth-order valence-corrected chi connectivity index (χ4v) is 6.10. The van der Waals surface area contributed by atoms with Crippen LogP contribution in [0.5, 0.6) is 0 Å². The summed E-state index contributed by atoms with van der Waals surface area (Å²) in [5, 5.41) is 8.53. The standard InChI is InChI=1S/C23H20BrClFN5O2S/c24-19-14-27-31-22(13-21(29-23(19)31)18-3-1-2-4-20(18)25)28-16-9-11-30(12-10-16)34(32,33)17-7-5-15(26)6-8-17/h1-8,13-14,16,28H,9-12H2. The molecule has 0 aliphatic carbocycles. The van der Waals surface area contributed by atoms with E-state index in [2.05, 4.69) is 26.3 Å². The summed E-state index contributed by atoms with van der Waals surface area (Å²) in [7, 11) is -3.66. The summed E-state index contributed by atoms with van der Waals surface area (Å²) in [5.41, 5.74) is 2.16. The van der Waals surface area contributed by atoms with E-state index in [1.807, 2.05) is 30.3 Å². The highest BCUT2D eigenvalue weighted by Crippen LogP contribution is 2.31. The third-order valence-corrected chi connectivity index (χ3v) is 8.64. The number of benzene rings is 2. The van der Waals surface area contributed by atoms with E-state index in [1.54, 1.807) is 10.7 Å². The second kappa shape index (κ2) is 9.26. The van der Waals surface area contributed by atoms with Crippen molar-refractivity contribution in [1.82, 2.24) is 18.9 Å². The Labute approximate surface area is 209 Å². The van der Waals surface area contributed by atoms with Crippen molar-refractivity contribution in [3.05, 3.63) is 76.1 Å². The van der Waals surface area contributed by atoms with Gasteiger partial charge in [0.15, 0.2) is 5.65 Å². The van der Waals surface area contributed by atoms with Crippen LogP contribution in [0.15, 0.2) is 70.2 Å². The number of anilines is 1. The van der Waals surface area contributed by atoms with Gasteiger partial charge in [-0.05, 0) is 59.1 Å². The van der Waals surface area contributed by atoms with Crippen LogP contribution in [-0.2, 0) is 10.0 Å². The smallest absolute Gasteiger partial charge is 0.243 e. The topological polar surface area (TPSA) is 79.6 Å². The van der Waals surface area contributed by atoms with Gasteiger partial charge in [0.25, 0.3) is 0 Å². The molecule has 3 heterocycles. The lowest BCUT2D eigenvalue weighted by atomic mass is 10.1. The highest BCUT2D eigenvalue weighted by atomic mass is 79.9. The molecule has 1 N–H and O–H groups in total. The number of hydrogen-bond donors (Lipinski definition) is 1. The lowest BCUT2D eigenvalue weighted by Crippen LogP contribution is -2.42. The molecule has 5 rings (SSSR count). The molecule has 34 heavy (non-hydrogen) atoms. The number of rotatable bonds is 5. The molecule has 176 valence electrons. The predicted molar refractivity (Wildman–Crippen MR) is 133 cm³/mol. The van der Waals surface area contributed by atoms with Gasteiger partial charge in [-0.3, -0.25) is 0 Å². The fraction of sp³-hybridized carbons (Fsp3) is 0.217. The van der Waals surface area contributed by atoms with Crippen molar-refractivity contribution in [2.45, 2.75) is 23.8 Å². The number of piperidine rings is 1. The van der Waals surface area contributed by atoms with Crippen molar-refractivity contribution in [2.75, 3.05) is 18.4 Å². The second-order valence-electron chi connectivity index (χ2n) is 8.01. The van der Waals surface area contributed by atoms with Crippen molar-refractivity contribution in [2.24, 2.45) is 0 Å². The maximum Gasteiger partial charge on any atom is 0.243 e. The Morgan fingerprint density at radius 2 is 1.79 bits per heavy atom. The van der Waals surface area contributed by atoms with Gasteiger partial charge < -0.3 is 5.32 Å². The molecule has 1 aliphatic rings. The van der Waals surface area contributed by atoms with Gasteiger partial charge in [0.05, 0.1) is 21.3 Å². The van der Waals surface area contributed by atoms with Gasteiger partial charge in [0.2, 0.25) is 10.0 Å². The van der Waals surface area contributed by atoms with Crippen LogP contribution in [0.25, 0.3) is 16.9 Å². The summed E-state index contributed by atoms with van der Waals surface area (Å²) in [6, 6.07) is 14.4. The fourth-order valence-electron chi connectivity index (χ4n) is 4.05. The second-order valence-corrected chi connectivity index (χ2v) is 11.2. The molecule has 0 spiro atoms. The Morgan fingerprint density at radius 3 is 2.50 bits per heavy atom. The van der Waals surface area contributed by atoms with Crippen LogP contribution in [-0.4, -0.2) is 46.5 Å². The Balaban J connectivity index is 1.37. The number of nitrogens with one attached hydrogen (secondary N) is 1. The number of hydrogen-bond acceptors (Lipinski definition) is 5. The van der Waals surface area contributed by atoms with E-state index in [1.165, 1.54) is 16.4 Å². The zero-order chi connectivity index (χ0) is 23.9. The molecule has 0 unspecified atom stereocenters. The minimum Gasteiger partial charge on any atom is -0.367 e. The largest absolute Gasteiger partial charge is 0.367 e. The predicted octanol–water partition coefficient (Wildman–Crippen LogP) is 5.22. The third-order valence-electron chi connectivity index (χ3n) is 5.84. The molecular weight excluding hydrogens is 545 g/mol. The van der Waals surface area contributed by atoms with Crippen molar-refractivity contribution < 1.29 is 12.8 Å². The van der Waals surface area contributed by atoms with Gasteiger partial charge in [-0.1, -0.05) is 29.8 Å². The first-order chi connectivity index (χ1) is 16.3. The Kier molecular flexibility index (Phi) is 6.32. The molecule has 1 saturated heterocycles. The maximum atomic E-state index is 13.2. The van der Waals surface area contributed by atoms with Gasteiger partial charge in [0, 0.05) is 35.8 Å². The normalized spacial score (nSPS) is 15.6. The summed E-state index contributed by atoms with van der Waals surface area (Å²) in [5.74, 6) is 0.275. The van der Waals surface area contributed by atoms with Crippen LogP contribution in [0.2, 0.25) is 5.02 Å². The van der Waals surface area contributed by atoms with Gasteiger partial charge in [-0.2, -0.15) is 13.9 Å². The number of halogens is 3. The van der Waals surface area contributed by atoms with Crippen LogP contribution < -0.4 is 5.32 Å². The molecule has 11 heteroatoms. The first-order valence-corrected chi connectivity index (χ1v) is 13.3. The Morgan fingerprint density at radius 1 is 1.09 bits per heavy atom. The van der Waals surface area contributed by atoms with Crippen LogP contribution in [0, 0.1) is 5.82 Å². The molecule has 2 aromatic carbocycles. The van der Waals surface area contributed by atoms with Gasteiger partial charge >= 0.3 is 0 Å². The first kappa shape index (κ1) is 23.2. The van der Waals surface area contributed by atoms with Crippen LogP contribution in [0.3, 0.4) is 0 Å². The zero-order valence-electron chi connectivity index (χ0n) is 17.8. The molecule has 1 fully saturated rings. The van der Waals surface area contributed by atoms with Gasteiger partial charge in [-0.15, -0.1) is 0 Å². The number of nitrogens with zero attached hydrogens (tertiary/aromatic N) is 4. The number of sulfonamides is 1. The molecule has 0 atom stereocenters. The Hall–Kier alpha value is -2.53. The van der Waals surface area contributed by atoms with Gasteiger partial charge in [-0.25, -0.2) is 17.8 Å². The van der Waals surface area contributed by atoms with E-state index in [-0.39, 0.29) is 10.9 Å². The van der Waals surface area contributed by atoms with Gasteiger partial charge in [0.1, 0.15) is 11.6 Å². The highest BCUT2D eigenvalue weighted by molar-refractivity contribution is 9.10. The van der Waals surface area contributed by atoms with E-state index in [0.29, 0.717) is 42.3 Å². The lowest BCUT2D eigenvalue weighted by Gasteiger charge is -2.32. The molecule has 0 bridgehead atoms. The number of aromatic nitrogens is 3. The minimum atomic E-state index is -3.66. The molecule has 2 aromatic heterocycles. The van der Waals surface area contributed by atoms with Crippen LogP contribution in [0.4, 0.5) is 10.2 Å². The molecule has 4 aromatic rings. The molecule has 1 aliphatic heterocycles. The average molecular weight is 565 g/mol. The van der Waals surface area contributed by atoms with Crippen molar-refractivity contribution in [1.29, 1.82) is 0 Å². The number of fused-ring (bicyclic) bond motifs is 1. The van der Waals surface area contributed by atoms with E-state index in [9.17, 15) is 12.8 Å². The molecule has 0 saturated carbocycles. The average Bonchev–Trinajstić information content (AvgIpc) is 3.21. The van der Waals surface area contributed by atoms with Crippen molar-refractivity contribution >= 4 is 49.0 Å². The van der Waals surface area contributed by atoms with E-state index < -0.39 is 15.8 Å².